The molecule has 0 saturated heterocycles. The molecule has 1 saturated carbocycles. The van der Waals surface area contributed by atoms with E-state index in [1.807, 2.05) is 38.2 Å². The molecule has 1 aromatic carbocycles. The maximum Gasteiger partial charge on any atom is 0.254 e. The molecule has 1 N–H and O–H groups in total. The van der Waals surface area contributed by atoms with Crippen LogP contribution < -0.4 is 10.2 Å². The molecule has 168 valence electrons. The Hall–Kier alpha value is -3.29. The van der Waals surface area contributed by atoms with Crippen LogP contribution in [0.15, 0.2) is 41.1 Å². The molecular formula is C24H28FN5O2. The van der Waals surface area contributed by atoms with E-state index in [0.29, 0.717) is 24.2 Å². The molecule has 0 bridgehead atoms. The molecule has 3 aromatic rings. The van der Waals surface area contributed by atoms with Crippen molar-refractivity contribution in [2.24, 2.45) is 5.92 Å². The fourth-order valence-corrected chi connectivity index (χ4v) is 4.21. The molecule has 4 rings (SSSR count). The van der Waals surface area contributed by atoms with Gasteiger partial charge in [0.2, 0.25) is 5.95 Å². The summed E-state index contributed by atoms with van der Waals surface area (Å²) in [6.45, 7) is 2.43. The van der Waals surface area contributed by atoms with Crippen molar-refractivity contribution in [1.82, 2.24) is 20.4 Å². The number of carbonyl (C=O) groups excluding carboxylic acids is 1. The highest BCUT2D eigenvalue weighted by atomic mass is 19.1. The first-order valence-electron chi connectivity index (χ1n) is 10.9. The van der Waals surface area contributed by atoms with E-state index in [-0.39, 0.29) is 17.4 Å². The van der Waals surface area contributed by atoms with Gasteiger partial charge in [-0.2, -0.15) is 0 Å². The Morgan fingerprint density at radius 1 is 1.22 bits per heavy atom. The number of carbonyl (C=O) groups is 1. The Kier molecular flexibility index (Phi) is 6.48. The molecular weight excluding hydrogens is 409 g/mol. The minimum absolute atomic E-state index is 0.0883. The van der Waals surface area contributed by atoms with E-state index in [9.17, 15) is 9.18 Å². The Bertz CT molecular complexity index is 1090. The molecule has 1 aliphatic carbocycles. The summed E-state index contributed by atoms with van der Waals surface area (Å²) in [5.74, 6) is 1.12. The Balaban J connectivity index is 1.43. The van der Waals surface area contributed by atoms with Crippen molar-refractivity contribution in [3.05, 3.63) is 59.3 Å². The van der Waals surface area contributed by atoms with Crippen molar-refractivity contribution in [3.63, 3.8) is 0 Å². The summed E-state index contributed by atoms with van der Waals surface area (Å²) in [4.78, 5) is 23.5. The van der Waals surface area contributed by atoms with Gasteiger partial charge in [-0.15, -0.1) is 0 Å². The van der Waals surface area contributed by atoms with Crippen molar-refractivity contribution in [3.8, 4) is 11.3 Å². The molecule has 2 aromatic heterocycles. The number of nitrogens with zero attached hydrogens (tertiary/aromatic N) is 4. The zero-order chi connectivity index (χ0) is 22.7. The molecule has 0 atom stereocenters. The van der Waals surface area contributed by atoms with Gasteiger partial charge in [-0.05, 0) is 50.7 Å². The number of hydrogen-bond donors (Lipinski definition) is 1. The van der Waals surface area contributed by atoms with Crippen LogP contribution in [-0.4, -0.2) is 41.7 Å². The third kappa shape index (κ3) is 4.79. The lowest BCUT2D eigenvalue weighted by Crippen LogP contribution is -2.31. The number of halogens is 1. The first kappa shape index (κ1) is 21.9. The first-order chi connectivity index (χ1) is 15.4. The van der Waals surface area contributed by atoms with Gasteiger partial charge in [0.05, 0.1) is 22.5 Å². The van der Waals surface area contributed by atoms with Gasteiger partial charge in [-0.25, -0.2) is 14.4 Å². The molecule has 0 aliphatic heterocycles. The van der Waals surface area contributed by atoms with Gasteiger partial charge in [0.15, 0.2) is 5.76 Å². The average Bonchev–Trinajstić information content (AvgIpc) is 3.23. The smallest absolute Gasteiger partial charge is 0.254 e. The summed E-state index contributed by atoms with van der Waals surface area (Å²) in [6, 6.07) is 7.96. The van der Waals surface area contributed by atoms with E-state index >= 15 is 0 Å². The molecule has 7 nitrogen and oxygen atoms in total. The highest BCUT2D eigenvalue weighted by Crippen LogP contribution is 2.39. The lowest BCUT2D eigenvalue weighted by atomic mass is 9.79. The molecule has 32 heavy (non-hydrogen) atoms. The van der Waals surface area contributed by atoms with Crippen LogP contribution in [0.4, 0.5) is 10.3 Å². The topological polar surface area (TPSA) is 84.2 Å². The quantitative estimate of drug-likeness (QED) is 0.617. The van der Waals surface area contributed by atoms with Crippen molar-refractivity contribution in [2.75, 3.05) is 25.5 Å². The highest BCUT2D eigenvalue weighted by molar-refractivity contribution is 5.94. The lowest BCUT2D eigenvalue weighted by Gasteiger charge is -2.29. The second-order valence-corrected chi connectivity index (χ2v) is 8.60. The van der Waals surface area contributed by atoms with Gasteiger partial charge >= 0.3 is 0 Å². The number of rotatable bonds is 6. The van der Waals surface area contributed by atoms with E-state index in [0.717, 1.165) is 42.6 Å². The zero-order valence-corrected chi connectivity index (χ0v) is 18.6. The number of nitrogens with one attached hydrogen (secondary N) is 1. The number of hydrogen-bond acceptors (Lipinski definition) is 6. The maximum absolute atomic E-state index is 13.8. The second kappa shape index (κ2) is 9.46. The molecule has 1 aliphatic rings. The van der Waals surface area contributed by atoms with E-state index in [1.54, 1.807) is 12.1 Å². The minimum atomic E-state index is -0.496. The van der Waals surface area contributed by atoms with Gasteiger partial charge in [-0.3, -0.25) is 4.79 Å². The number of aromatic nitrogens is 3. The van der Waals surface area contributed by atoms with Crippen LogP contribution in [0.3, 0.4) is 0 Å². The summed E-state index contributed by atoms with van der Waals surface area (Å²) >= 11 is 0. The third-order valence-corrected chi connectivity index (χ3v) is 6.00. The highest BCUT2D eigenvalue weighted by Gasteiger charge is 2.28. The fourth-order valence-electron chi connectivity index (χ4n) is 4.21. The number of amides is 1. The summed E-state index contributed by atoms with van der Waals surface area (Å²) in [7, 11) is 3.85. The van der Waals surface area contributed by atoms with Gasteiger partial charge in [0.1, 0.15) is 5.82 Å². The first-order valence-corrected chi connectivity index (χ1v) is 10.9. The van der Waals surface area contributed by atoms with Crippen LogP contribution >= 0.6 is 0 Å². The van der Waals surface area contributed by atoms with Crippen molar-refractivity contribution < 1.29 is 13.7 Å². The molecule has 8 heteroatoms. The Morgan fingerprint density at radius 3 is 2.62 bits per heavy atom. The van der Waals surface area contributed by atoms with Crippen LogP contribution in [-0.2, 0) is 0 Å². The lowest BCUT2D eigenvalue weighted by molar-refractivity contribution is 0.0938. The Labute approximate surface area is 187 Å². The van der Waals surface area contributed by atoms with Crippen molar-refractivity contribution in [2.45, 2.75) is 38.5 Å². The molecule has 1 amide bonds. The van der Waals surface area contributed by atoms with Gasteiger partial charge in [0, 0.05) is 38.8 Å². The minimum Gasteiger partial charge on any atom is -0.356 e. The summed E-state index contributed by atoms with van der Waals surface area (Å²) in [5.41, 5.74) is 2.77. The van der Waals surface area contributed by atoms with E-state index in [4.69, 9.17) is 9.51 Å². The second-order valence-electron chi connectivity index (χ2n) is 8.60. The predicted octanol–water partition coefficient (Wildman–Crippen LogP) is 4.35. The van der Waals surface area contributed by atoms with Gasteiger partial charge in [0.25, 0.3) is 5.91 Å². The van der Waals surface area contributed by atoms with E-state index < -0.39 is 5.82 Å². The third-order valence-electron chi connectivity index (χ3n) is 6.00. The van der Waals surface area contributed by atoms with Crippen LogP contribution in [0.5, 0.6) is 0 Å². The van der Waals surface area contributed by atoms with Gasteiger partial charge < -0.3 is 14.7 Å². The fraction of sp³-hybridized carbons (Fsp3) is 0.417. The summed E-state index contributed by atoms with van der Waals surface area (Å²) in [6.07, 6.45) is 5.63. The van der Waals surface area contributed by atoms with E-state index in [1.165, 1.54) is 12.1 Å². The Morgan fingerprint density at radius 2 is 1.97 bits per heavy atom. The van der Waals surface area contributed by atoms with Crippen LogP contribution in [0.2, 0.25) is 0 Å². The summed E-state index contributed by atoms with van der Waals surface area (Å²) in [5, 5.41) is 6.91. The average molecular weight is 438 g/mol. The number of aryl methyl sites for hydroxylation is 1. The van der Waals surface area contributed by atoms with Crippen LogP contribution in [0.25, 0.3) is 11.3 Å². The normalized spacial score (nSPS) is 18.4. The molecule has 2 heterocycles. The van der Waals surface area contributed by atoms with E-state index in [2.05, 4.69) is 15.5 Å². The largest absolute Gasteiger partial charge is 0.356 e. The number of anilines is 1. The molecule has 0 spiro atoms. The number of benzene rings is 1. The zero-order valence-electron chi connectivity index (χ0n) is 18.6. The van der Waals surface area contributed by atoms with Crippen LogP contribution in [0, 0.1) is 18.7 Å². The predicted molar refractivity (Wildman–Crippen MR) is 120 cm³/mol. The monoisotopic (exact) mass is 437 g/mol. The molecule has 0 unspecified atom stereocenters. The van der Waals surface area contributed by atoms with Crippen LogP contribution in [0.1, 0.15) is 53.3 Å². The van der Waals surface area contributed by atoms with Gasteiger partial charge in [-0.1, -0.05) is 17.3 Å². The summed E-state index contributed by atoms with van der Waals surface area (Å²) < 4.78 is 19.3. The van der Waals surface area contributed by atoms with Crippen molar-refractivity contribution >= 4 is 11.9 Å². The molecule has 1 fully saturated rings. The van der Waals surface area contributed by atoms with Crippen molar-refractivity contribution in [1.29, 1.82) is 0 Å². The maximum atomic E-state index is 13.8. The molecule has 0 radical (unpaired) electrons. The SMILES string of the molecule is Cc1cc(-c2cnc(N(C)C)nc2C2CCC(CNC(=O)c3ccccc3F)CC2)on1. The standard InChI is InChI=1S/C24H28FN5O2/c1-15-12-21(32-29-15)19-14-27-24(30(2)3)28-22(19)17-10-8-16(9-11-17)13-26-23(31)18-6-4-5-7-20(18)25/h4-7,12,14,16-17H,8-11,13H2,1-3H3,(H,26,31).